The summed E-state index contributed by atoms with van der Waals surface area (Å²) in [6.45, 7) is 5.32. The number of aliphatic imine (C=N–C) groups is 1. The molecule has 0 aliphatic carbocycles. The number of hydrogen-bond acceptors (Lipinski definition) is 2. The van der Waals surface area contributed by atoms with Crippen LogP contribution in [0.1, 0.15) is 24.4 Å². The van der Waals surface area contributed by atoms with Gasteiger partial charge in [-0.05, 0) is 44.6 Å². The van der Waals surface area contributed by atoms with E-state index in [4.69, 9.17) is 0 Å². The molecule has 0 aliphatic heterocycles. The summed E-state index contributed by atoms with van der Waals surface area (Å²) in [7, 11) is 7.78. The highest BCUT2D eigenvalue weighted by atomic mass is 19.1. The van der Waals surface area contributed by atoms with E-state index in [0.29, 0.717) is 6.54 Å². The topological polar surface area (TPSA) is 30.9 Å². The number of hydrogen-bond donors (Lipinski definition) is 1. The molecule has 0 bridgehead atoms. The molecular weight excluding hydrogens is 291 g/mol. The lowest BCUT2D eigenvalue weighted by molar-refractivity contribution is 0.294. The maximum atomic E-state index is 13.5. The zero-order valence-electron chi connectivity index (χ0n) is 14.7. The lowest BCUT2D eigenvalue weighted by Crippen LogP contribution is -2.43. The van der Waals surface area contributed by atoms with Gasteiger partial charge in [0.05, 0.1) is 6.04 Å². The van der Waals surface area contributed by atoms with Crippen molar-refractivity contribution >= 4 is 5.96 Å². The summed E-state index contributed by atoms with van der Waals surface area (Å²) < 4.78 is 13.5. The molecule has 0 fully saturated rings. The van der Waals surface area contributed by atoms with Crippen LogP contribution in [0.2, 0.25) is 0 Å². The minimum absolute atomic E-state index is 0.0732. The summed E-state index contributed by atoms with van der Waals surface area (Å²) >= 11 is 0. The van der Waals surface area contributed by atoms with Crippen molar-refractivity contribution in [3.05, 3.63) is 48.3 Å². The Kier molecular flexibility index (Phi) is 8.33. The summed E-state index contributed by atoms with van der Waals surface area (Å²) in [5.74, 6) is 0.637. The maximum absolute atomic E-state index is 13.5. The molecule has 0 heterocycles. The van der Waals surface area contributed by atoms with Gasteiger partial charge in [-0.15, -0.1) is 6.58 Å². The van der Waals surface area contributed by atoms with E-state index >= 15 is 0 Å². The second kappa shape index (κ2) is 10.0. The van der Waals surface area contributed by atoms with Crippen molar-refractivity contribution in [1.29, 1.82) is 0 Å². The van der Waals surface area contributed by atoms with E-state index in [2.05, 4.69) is 26.7 Å². The highest BCUT2D eigenvalue weighted by Crippen LogP contribution is 2.18. The number of guanidine groups is 1. The van der Waals surface area contributed by atoms with Crippen LogP contribution in [-0.4, -0.2) is 57.0 Å². The quantitative estimate of drug-likeness (QED) is 0.346. The van der Waals surface area contributed by atoms with E-state index in [1.807, 2.05) is 33.3 Å². The second-order valence-electron chi connectivity index (χ2n) is 5.81. The van der Waals surface area contributed by atoms with Crippen LogP contribution >= 0.6 is 0 Å². The molecule has 0 aliphatic rings. The van der Waals surface area contributed by atoms with Crippen LogP contribution in [0.25, 0.3) is 0 Å². The van der Waals surface area contributed by atoms with Crippen molar-refractivity contribution in [2.75, 3.05) is 41.3 Å². The smallest absolute Gasteiger partial charge is 0.193 e. The van der Waals surface area contributed by atoms with Gasteiger partial charge >= 0.3 is 0 Å². The Morgan fingerprint density at radius 3 is 2.70 bits per heavy atom. The Balaban J connectivity index is 2.68. The molecule has 0 radical (unpaired) electrons. The second-order valence-corrected chi connectivity index (χ2v) is 5.81. The van der Waals surface area contributed by atoms with Crippen LogP contribution < -0.4 is 5.32 Å². The van der Waals surface area contributed by atoms with Crippen molar-refractivity contribution in [1.82, 2.24) is 15.1 Å². The van der Waals surface area contributed by atoms with Crippen LogP contribution in [0.15, 0.2) is 41.9 Å². The zero-order valence-corrected chi connectivity index (χ0v) is 14.7. The number of likely N-dealkylation sites (N-methyl/N-ethyl adjacent to an activating group) is 1. The van der Waals surface area contributed by atoms with Gasteiger partial charge in [0.15, 0.2) is 5.96 Å². The van der Waals surface area contributed by atoms with Crippen LogP contribution in [0.3, 0.4) is 0 Å². The monoisotopic (exact) mass is 320 g/mol. The van der Waals surface area contributed by atoms with Crippen LogP contribution in [0.4, 0.5) is 4.39 Å². The van der Waals surface area contributed by atoms with E-state index in [0.717, 1.165) is 30.9 Å². The predicted molar refractivity (Wildman–Crippen MR) is 96.3 cm³/mol. The van der Waals surface area contributed by atoms with Gasteiger partial charge in [0.25, 0.3) is 0 Å². The lowest BCUT2D eigenvalue weighted by atomic mass is 10.1. The Labute approximate surface area is 139 Å². The first-order chi connectivity index (χ1) is 11.0. The molecule has 128 valence electrons. The van der Waals surface area contributed by atoms with Gasteiger partial charge in [0.2, 0.25) is 0 Å². The maximum Gasteiger partial charge on any atom is 0.193 e. The average molecular weight is 320 g/mol. The SMILES string of the molecule is C=CCCCN(C)C(=NC)NCC(c1cccc(F)c1)N(C)C. The third-order valence-electron chi connectivity index (χ3n) is 3.79. The zero-order chi connectivity index (χ0) is 17.2. The van der Waals surface area contributed by atoms with Gasteiger partial charge in [0, 0.05) is 27.2 Å². The molecule has 0 aromatic heterocycles. The molecular formula is C18H29FN4. The number of nitrogens with zero attached hydrogens (tertiary/aromatic N) is 3. The first kappa shape index (κ1) is 19.2. The summed E-state index contributed by atoms with van der Waals surface area (Å²) in [5.41, 5.74) is 0.951. The first-order valence-electron chi connectivity index (χ1n) is 7.94. The van der Waals surface area contributed by atoms with E-state index in [9.17, 15) is 4.39 Å². The molecule has 1 aromatic rings. The summed E-state index contributed by atoms with van der Waals surface area (Å²) in [6, 6.07) is 6.83. The molecule has 23 heavy (non-hydrogen) atoms. The number of nitrogens with one attached hydrogen (secondary N) is 1. The highest BCUT2D eigenvalue weighted by Gasteiger charge is 2.16. The molecule has 0 saturated heterocycles. The molecule has 4 nitrogen and oxygen atoms in total. The normalized spacial score (nSPS) is 13.0. The van der Waals surface area contributed by atoms with Gasteiger partial charge in [-0.3, -0.25) is 4.99 Å². The largest absolute Gasteiger partial charge is 0.354 e. The Morgan fingerprint density at radius 1 is 1.39 bits per heavy atom. The van der Waals surface area contributed by atoms with Gasteiger partial charge in [0.1, 0.15) is 5.82 Å². The van der Waals surface area contributed by atoms with Crippen LogP contribution in [0, 0.1) is 5.82 Å². The van der Waals surface area contributed by atoms with E-state index in [1.165, 1.54) is 6.07 Å². The molecule has 1 N–H and O–H groups in total. The Morgan fingerprint density at radius 2 is 2.13 bits per heavy atom. The van der Waals surface area contributed by atoms with Gasteiger partial charge in [-0.1, -0.05) is 18.2 Å². The number of rotatable bonds is 8. The number of unbranched alkanes of at least 4 members (excludes halogenated alkanes) is 1. The van der Waals surface area contributed by atoms with E-state index in [-0.39, 0.29) is 11.9 Å². The third-order valence-corrected chi connectivity index (χ3v) is 3.79. The Hall–Kier alpha value is -1.88. The summed E-state index contributed by atoms with van der Waals surface area (Å²) in [5, 5.41) is 3.38. The first-order valence-corrected chi connectivity index (χ1v) is 7.94. The average Bonchev–Trinajstić information content (AvgIpc) is 2.51. The number of halogens is 1. The number of benzene rings is 1. The fourth-order valence-corrected chi connectivity index (χ4v) is 2.46. The van der Waals surface area contributed by atoms with Crippen molar-refractivity contribution in [3.63, 3.8) is 0 Å². The van der Waals surface area contributed by atoms with Crippen molar-refractivity contribution in [2.45, 2.75) is 18.9 Å². The third kappa shape index (κ3) is 6.40. The minimum atomic E-state index is -0.208. The summed E-state index contributed by atoms with van der Waals surface area (Å²) in [6.07, 6.45) is 3.96. The van der Waals surface area contributed by atoms with E-state index < -0.39 is 0 Å². The van der Waals surface area contributed by atoms with Gasteiger partial charge in [-0.2, -0.15) is 0 Å². The van der Waals surface area contributed by atoms with Crippen molar-refractivity contribution in [3.8, 4) is 0 Å². The molecule has 1 aromatic carbocycles. The molecule has 0 spiro atoms. The molecule has 1 atom stereocenters. The fraction of sp³-hybridized carbons (Fsp3) is 0.500. The Bertz CT molecular complexity index is 513. The fourth-order valence-electron chi connectivity index (χ4n) is 2.46. The standard InChI is InChI=1S/C18H29FN4/c1-6-7-8-12-23(5)18(20-2)21-14-17(22(3)4)15-10-9-11-16(19)13-15/h6,9-11,13,17H,1,7-8,12,14H2,2-5H3,(H,20,21). The van der Waals surface area contributed by atoms with Crippen LogP contribution in [0.5, 0.6) is 0 Å². The van der Waals surface area contributed by atoms with Gasteiger partial charge in [-0.25, -0.2) is 4.39 Å². The van der Waals surface area contributed by atoms with Crippen molar-refractivity contribution < 1.29 is 4.39 Å². The lowest BCUT2D eigenvalue weighted by Gasteiger charge is -2.28. The molecule has 1 unspecified atom stereocenters. The molecule has 0 saturated carbocycles. The van der Waals surface area contributed by atoms with Crippen molar-refractivity contribution in [2.24, 2.45) is 4.99 Å². The molecule has 5 heteroatoms. The summed E-state index contributed by atoms with van der Waals surface area (Å²) in [4.78, 5) is 8.50. The minimum Gasteiger partial charge on any atom is -0.354 e. The van der Waals surface area contributed by atoms with Gasteiger partial charge < -0.3 is 15.1 Å². The number of allylic oxidation sites excluding steroid dienone is 1. The highest BCUT2D eigenvalue weighted by molar-refractivity contribution is 5.79. The molecule has 0 amide bonds. The van der Waals surface area contributed by atoms with E-state index in [1.54, 1.807) is 19.2 Å². The van der Waals surface area contributed by atoms with Crippen LogP contribution in [-0.2, 0) is 0 Å². The molecule has 1 rings (SSSR count). The predicted octanol–water partition coefficient (Wildman–Crippen LogP) is 2.90.